The predicted molar refractivity (Wildman–Crippen MR) is 91.8 cm³/mol. The third kappa shape index (κ3) is 5.43. The molecule has 0 amide bonds. The molecule has 0 atom stereocenters. The number of rotatable bonds is 8. The van der Waals surface area contributed by atoms with E-state index in [0.717, 1.165) is 11.3 Å². The molecule has 0 aliphatic rings. The Balaban J connectivity index is 2.00. The van der Waals surface area contributed by atoms with E-state index in [1.807, 2.05) is 42.5 Å². The standard InChI is InChI=1S/C17H17NO4S/c1-21-13-22-17-10-9-14(12-16(17)18(19)20)6-5-11-23-15-7-3-2-4-8-15/h2-10,12H,11,13H2,1H3. The molecule has 2 rings (SSSR count). The van der Waals surface area contributed by atoms with Crippen LogP contribution in [0.5, 0.6) is 5.75 Å². The Morgan fingerprint density at radius 3 is 2.70 bits per heavy atom. The molecule has 0 N–H and O–H groups in total. The largest absolute Gasteiger partial charge is 0.460 e. The minimum absolute atomic E-state index is 0.0241. The van der Waals surface area contributed by atoms with Crippen LogP contribution in [0.25, 0.3) is 6.08 Å². The van der Waals surface area contributed by atoms with E-state index in [1.54, 1.807) is 23.9 Å². The zero-order valence-corrected chi connectivity index (χ0v) is 13.5. The van der Waals surface area contributed by atoms with Gasteiger partial charge in [-0.05, 0) is 23.8 Å². The quantitative estimate of drug-likeness (QED) is 0.311. The summed E-state index contributed by atoms with van der Waals surface area (Å²) in [6.07, 6.45) is 3.84. The minimum atomic E-state index is -0.457. The van der Waals surface area contributed by atoms with Crippen molar-refractivity contribution in [2.75, 3.05) is 19.7 Å². The Morgan fingerprint density at radius 2 is 2.00 bits per heavy atom. The van der Waals surface area contributed by atoms with E-state index in [4.69, 9.17) is 9.47 Å². The second-order valence-electron chi connectivity index (χ2n) is 4.56. The van der Waals surface area contributed by atoms with Gasteiger partial charge in [0.1, 0.15) is 0 Å². The molecule has 0 saturated heterocycles. The molecule has 0 fully saturated rings. The maximum absolute atomic E-state index is 11.1. The summed E-state index contributed by atoms with van der Waals surface area (Å²) in [7, 11) is 1.47. The zero-order valence-electron chi connectivity index (χ0n) is 12.7. The lowest BCUT2D eigenvalue weighted by molar-refractivity contribution is -0.386. The molecule has 0 aliphatic heterocycles. The van der Waals surface area contributed by atoms with Crippen molar-refractivity contribution in [3.63, 3.8) is 0 Å². The molecule has 0 radical (unpaired) electrons. The fourth-order valence-electron chi connectivity index (χ4n) is 1.87. The average Bonchev–Trinajstić information content (AvgIpc) is 2.58. The molecule has 0 spiro atoms. The summed E-state index contributed by atoms with van der Waals surface area (Å²) in [6.45, 7) is -0.0241. The summed E-state index contributed by atoms with van der Waals surface area (Å²) >= 11 is 1.70. The van der Waals surface area contributed by atoms with Crippen LogP contribution in [0.15, 0.2) is 59.5 Å². The molecule has 0 aromatic heterocycles. The Labute approximate surface area is 139 Å². The van der Waals surface area contributed by atoms with E-state index in [2.05, 4.69) is 0 Å². The minimum Gasteiger partial charge on any atom is -0.460 e. The lowest BCUT2D eigenvalue weighted by Crippen LogP contribution is -2.02. The first-order chi connectivity index (χ1) is 11.2. The number of methoxy groups -OCH3 is 1. The summed E-state index contributed by atoms with van der Waals surface area (Å²) in [6, 6.07) is 14.9. The van der Waals surface area contributed by atoms with Gasteiger partial charge in [0.15, 0.2) is 12.5 Å². The molecule has 0 heterocycles. The van der Waals surface area contributed by atoms with Crippen LogP contribution in [0, 0.1) is 10.1 Å². The van der Waals surface area contributed by atoms with Crippen molar-refractivity contribution in [2.24, 2.45) is 0 Å². The molecule has 2 aromatic rings. The maximum atomic E-state index is 11.1. The molecule has 0 aliphatic carbocycles. The highest BCUT2D eigenvalue weighted by atomic mass is 32.2. The van der Waals surface area contributed by atoms with Gasteiger partial charge in [-0.2, -0.15) is 0 Å². The third-order valence-electron chi connectivity index (χ3n) is 2.91. The van der Waals surface area contributed by atoms with Gasteiger partial charge in [0.05, 0.1) is 4.92 Å². The number of nitrogens with zero attached hydrogens (tertiary/aromatic N) is 1. The lowest BCUT2D eigenvalue weighted by atomic mass is 10.2. The van der Waals surface area contributed by atoms with Gasteiger partial charge >= 0.3 is 5.69 Å². The van der Waals surface area contributed by atoms with E-state index in [1.165, 1.54) is 18.1 Å². The van der Waals surface area contributed by atoms with E-state index in [-0.39, 0.29) is 18.2 Å². The van der Waals surface area contributed by atoms with E-state index < -0.39 is 4.92 Å². The van der Waals surface area contributed by atoms with Crippen molar-refractivity contribution in [2.45, 2.75) is 4.90 Å². The molecule has 120 valence electrons. The number of benzene rings is 2. The van der Waals surface area contributed by atoms with Crippen molar-refractivity contribution in [3.8, 4) is 5.75 Å². The maximum Gasteiger partial charge on any atom is 0.311 e. The average molecular weight is 331 g/mol. The van der Waals surface area contributed by atoms with Crippen LogP contribution < -0.4 is 4.74 Å². The van der Waals surface area contributed by atoms with Crippen LogP contribution in [-0.2, 0) is 4.74 Å². The summed E-state index contributed by atoms with van der Waals surface area (Å²) < 4.78 is 9.96. The van der Waals surface area contributed by atoms with Crippen LogP contribution in [-0.4, -0.2) is 24.6 Å². The SMILES string of the molecule is COCOc1ccc(C=CCSc2ccccc2)cc1[N+](=O)[O-]. The third-order valence-corrected chi connectivity index (χ3v) is 3.88. The van der Waals surface area contributed by atoms with E-state index >= 15 is 0 Å². The fraction of sp³-hybridized carbons (Fsp3) is 0.176. The first-order valence-corrected chi connectivity index (χ1v) is 7.94. The molecule has 0 saturated carbocycles. The van der Waals surface area contributed by atoms with Gasteiger partial charge in [-0.25, -0.2) is 0 Å². The Bertz CT molecular complexity index is 674. The fourth-order valence-corrected chi connectivity index (χ4v) is 2.60. The van der Waals surface area contributed by atoms with Crippen LogP contribution in [0.1, 0.15) is 5.56 Å². The van der Waals surface area contributed by atoms with Gasteiger partial charge in [0.25, 0.3) is 0 Å². The molecule has 0 bridgehead atoms. The van der Waals surface area contributed by atoms with Crippen molar-refractivity contribution in [1.29, 1.82) is 0 Å². The highest BCUT2D eigenvalue weighted by Crippen LogP contribution is 2.28. The smallest absolute Gasteiger partial charge is 0.311 e. The number of ether oxygens (including phenoxy) is 2. The van der Waals surface area contributed by atoms with Gasteiger partial charge < -0.3 is 9.47 Å². The number of nitro benzene ring substituents is 1. The van der Waals surface area contributed by atoms with Crippen molar-refractivity contribution >= 4 is 23.5 Å². The van der Waals surface area contributed by atoms with Gasteiger partial charge in [-0.15, -0.1) is 11.8 Å². The lowest BCUT2D eigenvalue weighted by Gasteiger charge is -2.05. The van der Waals surface area contributed by atoms with Crippen LogP contribution >= 0.6 is 11.8 Å². The molecule has 23 heavy (non-hydrogen) atoms. The Morgan fingerprint density at radius 1 is 1.22 bits per heavy atom. The molecule has 0 unspecified atom stereocenters. The molecular formula is C17H17NO4S. The van der Waals surface area contributed by atoms with Gasteiger partial charge in [-0.3, -0.25) is 10.1 Å². The first-order valence-electron chi connectivity index (χ1n) is 6.95. The van der Waals surface area contributed by atoms with Gasteiger partial charge in [0, 0.05) is 23.8 Å². The normalized spacial score (nSPS) is 10.8. The van der Waals surface area contributed by atoms with Crippen LogP contribution in [0.2, 0.25) is 0 Å². The van der Waals surface area contributed by atoms with Gasteiger partial charge in [0.2, 0.25) is 0 Å². The highest BCUT2D eigenvalue weighted by Gasteiger charge is 2.15. The van der Waals surface area contributed by atoms with Crippen LogP contribution in [0.3, 0.4) is 0 Å². The number of thioether (sulfide) groups is 1. The summed E-state index contributed by atoms with van der Waals surface area (Å²) in [5.74, 6) is 0.993. The Hall–Kier alpha value is -2.31. The second-order valence-corrected chi connectivity index (χ2v) is 5.65. The summed E-state index contributed by atoms with van der Waals surface area (Å²) in [5, 5.41) is 11.1. The summed E-state index contributed by atoms with van der Waals surface area (Å²) in [5.41, 5.74) is 0.690. The van der Waals surface area contributed by atoms with Crippen LogP contribution in [0.4, 0.5) is 5.69 Å². The van der Waals surface area contributed by atoms with E-state index in [0.29, 0.717) is 0 Å². The van der Waals surface area contributed by atoms with E-state index in [9.17, 15) is 10.1 Å². The highest BCUT2D eigenvalue weighted by molar-refractivity contribution is 7.99. The molecule has 5 nitrogen and oxygen atoms in total. The van der Waals surface area contributed by atoms with Crippen molar-refractivity contribution < 1.29 is 14.4 Å². The van der Waals surface area contributed by atoms with Crippen molar-refractivity contribution in [3.05, 3.63) is 70.3 Å². The zero-order chi connectivity index (χ0) is 16.5. The second kappa shape index (κ2) is 8.97. The monoisotopic (exact) mass is 331 g/mol. The number of hydrogen-bond donors (Lipinski definition) is 0. The number of hydrogen-bond acceptors (Lipinski definition) is 5. The Kier molecular flexibility index (Phi) is 6.65. The number of nitro groups is 1. The predicted octanol–water partition coefficient (Wildman–Crippen LogP) is 4.38. The summed E-state index contributed by atoms with van der Waals surface area (Å²) in [4.78, 5) is 11.8. The van der Waals surface area contributed by atoms with Crippen molar-refractivity contribution in [1.82, 2.24) is 0 Å². The van der Waals surface area contributed by atoms with Gasteiger partial charge in [-0.1, -0.05) is 36.4 Å². The topological polar surface area (TPSA) is 61.6 Å². The molecule has 6 heteroatoms. The first kappa shape index (κ1) is 17.1. The molecule has 2 aromatic carbocycles. The molecular weight excluding hydrogens is 314 g/mol.